The van der Waals surface area contributed by atoms with Gasteiger partial charge in [-0.15, -0.1) is 0 Å². The second-order valence-corrected chi connectivity index (χ2v) is 6.06. The third-order valence-electron chi connectivity index (χ3n) is 4.53. The molecular weight excluding hydrogens is 320 g/mol. The normalized spacial score (nSPS) is 14.9. The molecule has 0 spiro atoms. The molecule has 1 amide bonds. The fourth-order valence-electron chi connectivity index (χ4n) is 3.15. The molecule has 8 nitrogen and oxygen atoms in total. The summed E-state index contributed by atoms with van der Waals surface area (Å²) in [7, 11) is 0. The number of carbonyl (C=O) groups is 1. The standard InChI is InChI=1S/C17H18N6O2/c24-16-2-1-15(20-21-16)22-5-7-23(8-6-22)17(25)9-12-10-19-14-11-18-4-3-13(12)14/h1-4,10-11,19H,5-9H2,(H,21,24). The van der Waals surface area contributed by atoms with Gasteiger partial charge in [0.25, 0.3) is 5.56 Å². The predicted molar refractivity (Wildman–Crippen MR) is 93.4 cm³/mol. The number of amides is 1. The smallest absolute Gasteiger partial charge is 0.264 e. The minimum atomic E-state index is -0.216. The maximum absolute atomic E-state index is 12.6. The summed E-state index contributed by atoms with van der Waals surface area (Å²) in [6.45, 7) is 2.68. The van der Waals surface area contributed by atoms with Gasteiger partial charge in [0.15, 0.2) is 0 Å². The Hall–Kier alpha value is -3.16. The van der Waals surface area contributed by atoms with Gasteiger partial charge in [-0.2, -0.15) is 5.10 Å². The van der Waals surface area contributed by atoms with Crippen LogP contribution in [-0.2, 0) is 11.2 Å². The summed E-state index contributed by atoms with van der Waals surface area (Å²) >= 11 is 0. The molecule has 4 rings (SSSR count). The number of nitrogens with one attached hydrogen (secondary N) is 2. The highest BCUT2D eigenvalue weighted by molar-refractivity contribution is 5.88. The molecule has 0 radical (unpaired) electrons. The molecule has 1 saturated heterocycles. The van der Waals surface area contributed by atoms with Crippen molar-refractivity contribution in [2.75, 3.05) is 31.1 Å². The maximum atomic E-state index is 12.6. The zero-order chi connectivity index (χ0) is 17.2. The lowest BCUT2D eigenvalue weighted by molar-refractivity contribution is -0.130. The molecule has 3 aromatic heterocycles. The summed E-state index contributed by atoms with van der Waals surface area (Å²) in [5.41, 5.74) is 1.72. The van der Waals surface area contributed by atoms with Crippen LogP contribution in [0.1, 0.15) is 5.56 Å². The van der Waals surface area contributed by atoms with Crippen LogP contribution in [-0.4, -0.2) is 57.2 Å². The molecule has 25 heavy (non-hydrogen) atoms. The van der Waals surface area contributed by atoms with E-state index < -0.39 is 0 Å². The fourth-order valence-corrected chi connectivity index (χ4v) is 3.15. The van der Waals surface area contributed by atoms with Crippen LogP contribution in [0, 0.1) is 0 Å². The van der Waals surface area contributed by atoms with Crippen molar-refractivity contribution in [1.29, 1.82) is 0 Å². The molecule has 4 heterocycles. The first-order chi connectivity index (χ1) is 12.2. The monoisotopic (exact) mass is 338 g/mol. The van der Waals surface area contributed by atoms with Crippen molar-refractivity contribution in [3.63, 3.8) is 0 Å². The lowest BCUT2D eigenvalue weighted by atomic mass is 10.1. The van der Waals surface area contributed by atoms with Gasteiger partial charge in [0.05, 0.1) is 18.1 Å². The Balaban J connectivity index is 1.39. The molecule has 8 heteroatoms. The second-order valence-electron chi connectivity index (χ2n) is 6.06. The van der Waals surface area contributed by atoms with Crippen LogP contribution in [0.2, 0.25) is 0 Å². The summed E-state index contributed by atoms with van der Waals surface area (Å²) in [6.07, 6.45) is 5.75. The SMILES string of the molecule is O=C(Cc1c[nH]c2cnccc12)N1CCN(c2ccc(=O)[nH]n2)CC1. The first kappa shape index (κ1) is 15.4. The molecule has 1 aliphatic rings. The molecule has 0 aromatic carbocycles. The first-order valence-electron chi connectivity index (χ1n) is 8.19. The number of aromatic nitrogens is 4. The van der Waals surface area contributed by atoms with Gasteiger partial charge < -0.3 is 14.8 Å². The van der Waals surface area contributed by atoms with E-state index in [1.165, 1.54) is 6.07 Å². The predicted octanol–water partition coefficient (Wildman–Crippen LogP) is 0.537. The van der Waals surface area contributed by atoms with Gasteiger partial charge in [0.2, 0.25) is 5.91 Å². The van der Waals surface area contributed by atoms with Crippen molar-refractivity contribution in [3.05, 3.63) is 52.7 Å². The molecule has 0 aliphatic carbocycles. The minimum Gasteiger partial charge on any atom is -0.360 e. The van der Waals surface area contributed by atoms with Gasteiger partial charge in [0, 0.05) is 50.0 Å². The highest BCUT2D eigenvalue weighted by Gasteiger charge is 2.22. The van der Waals surface area contributed by atoms with Gasteiger partial charge in [-0.05, 0) is 17.7 Å². The van der Waals surface area contributed by atoms with E-state index in [4.69, 9.17) is 0 Å². The van der Waals surface area contributed by atoms with Gasteiger partial charge in [-0.3, -0.25) is 14.6 Å². The van der Waals surface area contributed by atoms with Gasteiger partial charge in [-0.25, -0.2) is 5.10 Å². The number of rotatable bonds is 3. The van der Waals surface area contributed by atoms with Crippen LogP contribution in [0.4, 0.5) is 5.82 Å². The molecule has 128 valence electrons. The highest BCUT2D eigenvalue weighted by atomic mass is 16.2. The van der Waals surface area contributed by atoms with Crippen LogP contribution in [0.15, 0.2) is 41.6 Å². The molecule has 1 fully saturated rings. The minimum absolute atomic E-state index is 0.117. The summed E-state index contributed by atoms with van der Waals surface area (Å²) in [4.78, 5) is 34.9. The van der Waals surface area contributed by atoms with E-state index in [0.29, 0.717) is 32.6 Å². The van der Waals surface area contributed by atoms with E-state index in [9.17, 15) is 9.59 Å². The van der Waals surface area contributed by atoms with Crippen molar-refractivity contribution in [2.24, 2.45) is 0 Å². The van der Waals surface area contributed by atoms with E-state index in [-0.39, 0.29) is 11.5 Å². The number of anilines is 1. The Morgan fingerprint density at radius 3 is 2.76 bits per heavy atom. The largest absolute Gasteiger partial charge is 0.360 e. The Bertz CT molecular complexity index is 934. The molecule has 0 atom stereocenters. The Morgan fingerprint density at radius 1 is 1.16 bits per heavy atom. The zero-order valence-corrected chi connectivity index (χ0v) is 13.6. The quantitative estimate of drug-likeness (QED) is 0.726. The van der Waals surface area contributed by atoms with Crippen molar-refractivity contribution >= 4 is 22.6 Å². The number of pyridine rings is 1. The zero-order valence-electron chi connectivity index (χ0n) is 13.6. The van der Waals surface area contributed by atoms with E-state index in [1.807, 2.05) is 17.2 Å². The van der Waals surface area contributed by atoms with Crippen LogP contribution < -0.4 is 10.5 Å². The third-order valence-corrected chi connectivity index (χ3v) is 4.53. The Labute approximate surface area is 143 Å². The lowest BCUT2D eigenvalue weighted by Crippen LogP contribution is -2.49. The summed E-state index contributed by atoms with van der Waals surface area (Å²) in [6, 6.07) is 5.09. The van der Waals surface area contributed by atoms with Crippen LogP contribution >= 0.6 is 0 Å². The topological polar surface area (TPSA) is 98.0 Å². The number of hydrogen-bond acceptors (Lipinski definition) is 5. The van der Waals surface area contributed by atoms with E-state index in [0.717, 1.165) is 22.3 Å². The van der Waals surface area contributed by atoms with E-state index in [2.05, 4.69) is 25.1 Å². The van der Waals surface area contributed by atoms with Crippen molar-refractivity contribution in [1.82, 2.24) is 25.1 Å². The van der Waals surface area contributed by atoms with Gasteiger partial charge >= 0.3 is 0 Å². The lowest BCUT2D eigenvalue weighted by Gasteiger charge is -2.35. The molecule has 1 aliphatic heterocycles. The number of nitrogens with zero attached hydrogens (tertiary/aromatic N) is 4. The van der Waals surface area contributed by atoms with Crippen molar-refractivity contribution in [2.45, 2.75) is 6.42 Å². The number of aromatic amines is 2. The van der Waals surface area contributed by atoms with Crippen molar-refractivity contribution in [3.8, 4) is 0 Å². The van der Waals surface area contributed by atoms with Crippen LogP contribution in [0.3, 0.4) is 0 Å². The number of fused-ring (bicyclic) bond motifs is 1. The van der Waals surface area contributed by atoms with Gasteiger partial charge in [-0.1, -0.05) is 0 Å². The molecule has 0 saturated carbocycles. The Morgan fingerprint density at radius 2 is 2.00 bits per heavy atom. The molecular formula is C17H18N6O2. The van der Waals surface area contributed by atoms with Crippen molar-refractivity contribution < 1.29 is 4.79 Å². The van der Waals surface area contributed by atoms with Crippen LogP contribution in [0.25, 0.3) is 10.9 Å². The third kappa shape index (κ3) is 3.10. The maximum Gasteiger partial charge on any atom is 0.264 e. The molecule has 2 N–H and O–H groups in total. The number of H-pyrrole nitrogens is 2. The number of piperazine rings is 1. The van der Waals surface area contributed by atoms with Gasteiger partial charge in [0.1, 0.15) is 5.82 Å². The second kappa shape index (κ2) is 6.39. The molecule has 3 aromatic rings. The number of hydrogen-bond donors (Lipinski definition) is 2. The highest BCUT2D eigenvalue weighted by Crippen LogP contribution is 2.18. The number of carbonyl (C=O) groups excluding carboxylic acids is 1. The average molecular weight is 338 g/mol. The summed E-state index contributed by atoms with van der Waals surface area (Å²) < 4.78 is 0. The summed E-state index contributed by atoms with van der Waals surface area (Å²) in [5.74, 6) is 0.850. The van der Waals surface area contributed by atoms with E-state index >= 15 is 0 Å². The Kier molecular flexibility index (Phi) is 3.93. The van der Waals surface area contributed by atoms with Crippen LogP contribution in [0.5, 0.6) is 0 Å². The first-order valence-corrected chi connectivity index (χ1v) is 8.19. The average Bonchev–Trinajstić information content (AvgIpc) is 3.06. The molecule has 0 unspecified atom stereocenters. The molecule has 0 bridgehead atoms. The van der Waals surface area contributed by atoms with E-state index in [1.54, 1.807) is 18.5 Å². The summed E-state index contributed by atoms with van der Waals surface area (Å²) in [5, 5.41) is 7.52. The fraction of sp³-hybridized carbons (Fsp3) is 0.294.